The smallest absolute Gasteiger partial charge is 0.261 e. The second-order valence-corrected chi connectivity index (χ2v) is 4.15. The van der Waals surface area contributed by atoms with Crippen molar-refractivity contribution in [2.24, 2.45) is 0 Å². The minimum atomic E-state index is -0.264. The summed E-state index contributed by atoms with van der Waals surface area (Å²) < 4.78 is 4.95. The van der Waals surface area contributed by atoms with Gasteiger partial charge in [-0.3, -0.25) is 4.79 Å². The normalized spacial score (nSPS) is 10.4. The number of rotatable bonds is 2. The van der Waals surface area contributed by atoms with Gasteiger partial charge in [0.25, 0.3) is 5.91 Å². The number of hydrogen-bond donors (Lipinski definition) is 2. The summed E-state index contributed by atoms with van der Waals surface area (Å²) in [6.07, 6.45) is 0. The zero-order valence-electron chi connectivity index (χ0n) is 10.4. The van der Waals surface area contributed by atoms with Crippen molar-refractivity contribution in [3.8, 4) is 5.75 Å². The van der Waals surface area contributed by atoms with Crippen LogP contribution in [-0.4, -0.2) is 16.2 Å². The van der Waals surface area contributed by atoms with Crippen LogP contribution in [0.25, 0.3) is 0 Å². The maximum absolute atomic E-state index is 12.1. The monoisotopic (exact) mass is 246 g/mol. The molecular weight excluding hydrogens is 232 g/mol. The van der Waals surface area contributed by atoms with E-state index in [9.17, 15) is 9.90 Å². The van der Waals surface area contributed by atoms with Gasteiger partial charge in [-0.15, -0.1) is 0 Å². The third-order valence-corrected chi connectivity index (χ3v) is 2.72. The van der Waals surface area contributed by atoms with Gasteiger partial charge in [-0.1, -0.05) is 5.16 Å². The molecule has 0 saturated heterocycles. The van der Waals surface area contributed by atoms with Gasteiger partial charge in [-0.2, -0.15) is 0 Å². The molecule has 0 atom stereocenters. The average Bonchev–Trinajstić information content (AvgIpc) is 2.62. The first kappa shape index (κ1) is 12.2. The summed E-state index contributed by atoms with van der Waals surface area (Å²) in [6, 6.07) is 4.76. The van der Waals surface area contributed by atoms with Crippen molar-refractivity contribution >= 4 is 11.6 Å². The van der Waals surface area contributed by atoms with Crippen molar-refractivity contribution in [2.45, 2.75) is 20.8 Å². The molecule has 2 rings (SSSR count). The van der Waals surface area contributed by atoms with Crippen LogP contribution in [0.15, 0.2) is 22.7 Å². The zero-order chi connectivity index (χ0) is 13.3. The Kier molecular flexibility index (Phi) is 3.06. The Bertz CT molecular complexity index is 583. The quantitative estimate of drug-likeness (QED) is 0.798. The van der Waals surface area contributed by atoms with Gasteiger partial charge in [0.15, 0.2) is 0 Å². The number of carbonyl (C=O) groups is 1. The number of nitrogens with one attached hydrogen (secondary N) is 1. The Morgan fingerprint density at radius 3 is 2.61 bits per heavy atom. The highest BCUT2D eigenvalue weighted by atomic mass is 16.5. The number of aromatic nitrogens is 1. The molecule has 0 aliphatic carbocycles. The molecule has 1 heterocycles. The lowest BCUT2D eigenvalue weighted by Gasteiger charge is -2.08. The fraction of sp³-hybridized carbons (Fsp3) is 0.231. The lowest BCUT2D eigenvalue weighted by Crippen LogP contribution is -2.14. The summed E-state index contributed by atoms with van der Waals surface area (Å²) in [6.45, 7) is 5.22. The van der Waals surface area contributed by atoms with Crippen LogP contribution >= 0.6 is 0 Å². The number of anilines is 1. The first-order valence-corrected chi connectivity index (χ1v) is 5.53. The van der Waals surface area contributed by atoms with E-state index in [1.807, 2.05) is 6.92 Å². The van der Waals surface area contributed by atoms with Gasteiger partial charge in [0.2, 0.25) is 0 Å². The van der Waals surface area contributed by atoms with Crippen LogP contribution in [0.5, 0.6) is 5.75 Å². The van der Waals surface area contributed by atoms with E-state index in [2.05, 4.69) is 10.5 Å². The molecule has 0 radical (unpaired) electrons. The molecule has 0 spiro atoms. The van der Waals surface area contributed by atoms with E-state index < -0.39 is 0 Å². The molecular formula is C13H14N2O3. The molecule has 1 amide bonds. The minimum absolute atomic E-state index is 0.169. The van der Waals surface area contributed by atoms with E-state index in [0.29, 0.717) is 22.7 Å². The van der Waals surface area contributed by atoms with Crippen LogP contribution in [-0.2, 0) is 0 Å². The molecule has 1 aromatic heterocycles. The van der Waals surface area contributed by atoms with E-state index in [0.717, 1.165) is 5.56 Å². The molecule has 94 valence electrons. The third-order valence-electron chi connectivity index (χ3n) is 2.72. The number of nitrogens with zero attached hydrogens (tertiary/aromatic N) is 1. The number of aromatic hydroxyl groups is 1. The summed E-state index contributed by atoms with van der Waals surface area (Å²) in [4.78, 5) is 12.1. The lowest BCUT2D eigenvalue weighted by atomic mass is 10.1. The van der Waals surface area contributed by atoms with Crippen molar-refractivity contribution < 1.29 is 14.4 Å². The number of phenols is 1. The van der Waals surface area contributed by atoms with Crippen LogP contribution in [0.3, 0.4) is 0 Å². The zero-order valence-corrected chi connectivity index (χ0v) is 10.4. The number of hydrogen-bond acceptors (Lipinski definition) is 4. The van der Waals surface area contributed by atoms with Crippen LogP contribution in [0, 0.1) is 20.8 Å². The van der Waals surface area contributed by atoms with Gasteiger partial charge in [0.05, 0.1) is 5.69 Å². The SMILES string of the molecule is Cc1cc(O)ccc1NC(=O)c1c(C)noc1C. The Labute approximate surface area is 104 Å². The van der Waals surface area contributed by atoms with Gasteiger partial charge < -0.3 is 14.9 Å². The molecule has 0 aliphatic rings. The first-order chi connectivity index (χ1) is 8.49. The number of amides is 1. The van der Waals surface area contributed by atoms with E-state index >= 15 is 0 Å². The maximum Gasteiger partial charge on any atom is 0.261 e. The van der Waals surface area contributed by atoms with Crippen molar-refractivity contribution in [3.05, 3.63) is 40.8 Å². The van der Waals surface area contributed by atoms with Crippen molar-refractivity contribution in [1.29, 1.82) is 0 Å². The highest BCUT2D eigenvalue weighted by Gasteiger charge is 2.17. The Hall–Kier alpha value is -2.30. The fourth-order valence-corrected chi connectivity index (χ4v) is 1.78. The van der Waals surface area contributed by atoms with Gasteiger partial charge >= 0.3 is 0 Å². The predicted octanol–water partition coefficient (Wildman–Crippen LogP) is 2.56. The minimum Gasteiger partial charge on any atom is -0.508 e. The largest absolute Gasteiger partial charge is 0.508 e. The van der Waals surface area contributed by atoms with Crippen LogP contribution in [0.1, 0.15) is 27.4 Å². The van der Waals surface area contributed by atoms with Crippen LogP contribution in [0.2, 0.25) is 0 Å². The molecule has 5 heteroatoms. The molecule has 5 nitrogen and oxygen atoms in total. The number of benzene rings is 1. The molecule has 0 unspecified atom stereocenters. The summed E-state index contributed by atoms with van der Waals surface area (Å²) in [5.41, 5.74) is 2.44. The van der Waals surface area contributed by atoms with E-state index in [1.54, 1.807) is 26.0 Å². The maximum atomic E-state index is 12.1. The highest BCUT2D eigenvalue weighted by Crippen LogP contribution is 2.22. The van der Waals surface area contributed by atoms with Crippen LogP contribution < -0.4 is 5.32 Å². The van der Waals surface area contributed by atoms with Crippen molar-refractivity contribution in [1.82, 2.24) is 5.16 Å². The van der Waals surface area contributed by atoms with Crippen molar-refractivity contribution in [3.63, 3.8) is 0 Å². The highest BCUT2D eigenvalue weighted by molar-refractivity contribution is 6.06. The lowest BCUT2D eigenvalue weighted by molar-refractivity contribution is 0.102. The molecule has 0 fully saturated rings. The van der Waals surface area contributed by atoms with E-state index in [4.69, 9.17) is 4.52 Å². The third kappa shape index (κ3) is 2.20. The van der Waals surface area contributed by atoms with Crippen LogP contribution in [0.4, 0.5) is 5.69 Å². The summed E-state index contributed by atoms with van der Waals surface area (Å²) in [5, 5.41) is 15.8. The second-order valence-electron chi connectivity index (χ2n) is 4.15. The average molecular weight is 246 g/mol. The van der Waals surface area contributed by atoms with Gasteiger partial charge in [-0.25, -0.2) is 0 Å². The standard InChI is InChI=1S/C13H14N2O3/c1-7-6-10(16)4-5-11(7)14-13(17)12-8(2)15-18-9(12)3/h4-6,16H,1-3H3,(H,14,17). The Balaban J connectivity index is 2.27. The topological polar surface area (TPSA) is 75.4 Å². The van der Waals surface area contributed by atoms with Gasteiger partial charge in [0, 0.05) is 5.69 Å². The fourth-order valence-electron chi connectivity index (χ4n) is 1.78. The number of carbonyl (C=O) groups excluding carboxylic acids is 1. The summed E-state index contributed by atoms with van der Waals surface area (Å²) >= 11 is 0. The number of aryl methyl sites for hydroxylation is 3. The molecule has 2 N–H and O–H groups in total. The molecule has 0 bridgehead atoms. The van der Waals surface area contributed by atoms with Gasteiger partial charge in [-0.05, 0) is 44.5 Å². The Morgan fingerprint density at radius 2 is 2.06 bits per heavy atom. The van der Waals surface area contributed by atoms with E-state index in [-0.39, 0.29) is 11.7 Å². The molecule has 2 aromatic rings. The number of phenolic OH excluding ortho intramolecular Hbond substituents is 1. The second kappa shape index (κ2) is 4.52. The summed E-state index contributed by atoms with van der Waals surface area (Å²) in [5.74, 6) is 0.393. The molecule has 1 aromatic carbocycles. The predicted molar refractivity (Wildman–Crippen MR) is 66.8 cm³/mol. The first-order valence-electron chi connectivity index (χ1n) is 5.53. The molecule has 18 heavy (non-hydrogen) atoms. The van der Waals surface area contributed by atoms with E-state index in [1.165, 1.54) is 6.07 Å². The molecule has 0 saturated carbocycles. The van der Waals surface area contributed by atoms with Gasteiger partial charge in [0.1, 0.15) is 17.1 Å². The Morgan fingerprint density at radius 1 is 1.33 bits per heavy atom. The summed E-state index contributed by atoms with van der Waals surface area (Å²) in [7, 11) is 0. The molecule has 0 aliphatic heterocycles. The van der Waals surface area contributed by atoms with Crippen molar-refractivity contribution in [2.75, 3.05) is 5.32 Å².